The van der Waals surface area contributed by atoms with E-state index in [1.807, 2.05) is 6.07 Å². The van der Waals surface area contributed by atoms with E-state index in [1.54, 1.807) is 43.3 Å². The molecule has 0 saturated heterocycles. The van der Waals surface area contributed by atoms with Crippen LogP contribution in [0, 0.1) is 17.2 Å². The average Bonchev–Trinajstić information content (AvgIpc) is 2.67. The summed E-state index contributed by atoms with van der Waals surface area (Å²) in [4.78, 5) is 23.2. The molecule has 0 unspecified atom stereocenters. The zero-order chi connectivity index (χ0) is 20.7. The normalized spacial score (nSPS) is 12.8. The van der Waals surface area contributed by atoms with E-state index in [0.29, 0.717) is 21.3 Å². The lowest BCUT2D eigenvalue weighted by atomic mass is 9.96. The maximum absolute atomic E-state index is 12.4. The first-order chi connectivity index (χ1) is 13.3. The number of benzene rings is 2. The number of nitrogens with one attached hydrogen (secondary N) is 1. The molecule has 2 atom stereocenters. The van der Waals surface area contributed by atoms with Crippen LogP contribution in [0.15, 0.2) is 59.1 Å². The molecule has 28 heavy (non-hydrogen) atoms. The lowest BCUT2D eigenvalue weighted by Gasteiger charge is -2.23. The van der Waals surface area contributed by atoms with Crippen molar-refractivity contribution in [3.05, 3.63) is 70.2 Å². The van der Waals surface area contributed by atoms with Gasteiger partial charge in [0.15, 0.2) is 0 Å². The molecule has 0 radical (unpaired) electrons. The summed E-state index contributed by atoms with van der Waals surface area (Å²) in [5, 5.41) is 30.4. The van der Waals surface area contributed by atoms with E-state index in [1.165, 1.54) is 12.1 Å². The van der Waals surface area contributed by atoms with Crippen LogP contribution in [-0.2, 0) is 9.53 Å². The zero-order valence-corrected chi connectivity index (χ0v) is 16.4. The van der Waals surface area contributed by atoms with Crippen LogP contribution < -0.4 is 5.32 Å². The Kier molecular flexibility index (Phi) is 7.18. The van der Waals surface area contributed by atoms with Gasteiger partial charge < -0.3 is 14.9 Å². The molecular weight excluding hydrogens is 428 g/mol. The van der Waals surface area contributed by atoms with E-state index < -0.39 is 24.1 Å². The van der Waals surface area contributed by atoms with Crippen molar-refractivity contribution in [2.45, 2.75) is 13.0 Å². The first-order valence-corrected chi connectivity index (χ1v) is 8.96. The van der Waals surface area contributed by atoms with Crippen molar-refractivity contribution in [1.82, 2.24) is 0 Å². The molecule has 0 aliphatic heterocycles. The highest BCUT2D eigenvalue weighted by molar-refractivity contribution is 9.10. The predicted molar refractivity (Wildman–Crippen MR) is 106 cm³/mol. The number of phenols is 1. The number of hydrogen-bond acceptors (Lipinski definition) is 5. The number of ether oxygens (including phenoxy) is 1. The molecule has 0 aliphatic rings. The number of hydrogen-bond donors (Lipinski definition) is 3. The van der Waals surface area contributed by atoms with Gasteiger partial charge in [0.05, 0.1) is 11.6 Å². The van der Waals surface area contributed by atoms with Crippen LogP contribution in [0.5, 0.6) is 5.75 Å². The summed E-state index contributed by atoms with van der Waals surface area (Å²) < 4.78 is 6.15. The predicted octanol–water partition coefficient (Wildman–Crippen LogP) is 4.59. The Balaban J connectivity index is 2.25. The van der Waals surface area contributed by atoms with Gasteiger partial charge in [0.25, 0.3) is 0 Å². The van der Waals surface area contributed by atoms with Crippen molar-refractivity contribution in [3.63, 3.8) is 0 Å². The fourth-order valence-electron chi connectivity index (χ4n) is 2.43. The smallest absolute Gasteiger partial charge is 0.412 e. The number of carboxylic acids is 1. The monoisotopic (exact) mass is 444 g/mol. The van der Waals surface area contributed by atoms with Crippen LogP contribution in [0.2, 0.25) is 0 Å². The molecular formula is C20H17BrN2O5. The molecule has 0 bridgehead atoms. The highest BCUT2D eigenvalue weighted by atomic mass is 79.9. The summed E-state index contributed by atoms with van der Waals surface area (Å²) in [7, 11) is 0. The molecule has 8 heteroatoms. The number of carboxylic acid groups (broad SMARTS) is 1. The molecule has 2 aromatic carbocycles. The minimum Gasteiger partial charge on any atom is -0.508 e. The number of aliphatic carboxylic acids is 1. The molecule has 0 aromatic heterocycles. The molecule has 0 heterocycles. The van der Waals surface area contributed by atoms with Crippen LogP contribution in [0.25, 0.3) is 0 Å². The number of halogens is 1. The molecule has 0 spiro atoms. The van der Waals surface area contributed by atoms with Crippen LogP contribution in [0.3, 0.4) is 0 Å². The Morgan fingerprint density at radius 2 is 1.93 bits per heavy atom. The van der Waals surface area contributed by atoms with Gasteiger partial charge in [0, 0.05) is 27.7 Å². The van der Waals surface area contributed by atoms with Crippen molar-refractivity contribution < 1.29 is 24.5 Å². The molecule has 0 saturated carbocycles. The van der Waals surface area contributed by atoms with Gasteiger partial charge in [0.1, 0.15) is 11.9 Å². The van der Waals surface area contributed by atoms with Gasteiger partial charge in [0.2, 0.25) is 0 Å². The summed E-state index contributed by atoms with van der Waals surface area (Å²) in [6.45, 7) is 1.67. The Hall–Kier alpha value is -3.31. The molecule has 144 valence electrons. The summed E-state index contributed by atoms with van der Waals surface area (Å²) in [5.41, 5.74) is 1.20. The molecule has 7 nitrogen and oxygen atoms in total. The zero-order valence-electron chi connectivity index (χ0n) is 14.8. The maximum Gasteiger partial charge on any atom is 0.412 e. The first kappa shape index (κ1) is 21.0. The van der Waals surface area contributed by atoms with Gasteiger partial charge in [-0.3, -0.25) is 5.32 Å². The second-order valence-corrected chi connectivity index (χ2v) is 6.82. The Bertz CT molecular complexity index is 935. The number of nitriles is 1. The number of rotatable bonds is 6. The van der Waals surface area contributed by atoms with Crippen LogP contribution >= 0.6 is 15.9 Å². The summed E-state index contributed by atoms with van der Waals surface area (Å²) in [5.74, 6) is -1.76. The van der Waals surface area contributed by atoms with Crippen molar-refractivity contribution in [2.24, 2.45) is 5.92 Å². The van der Waals surface area contributed by atoms with Crippen LogP contribution in [0.1, 0.15) is 24.2 Å². The maximum atomic E-state index is 12.4. The van der Waals surface area contributed by atoms with E-state index >= 15 is 0 Å². The van der Waals surface area contributed by atoms with Crippen molar-refractivity contribution in [1.29, 1.82) is 5.26 Å². The van der Waals surface area contributed by atoms with E-state index in [2.05, 4.69) is 21.2 Å². The molecule has 2 rings (SSSR count). The molecule has 2 aromatic rings. The number of phenolic OH excluding ortho intramolecular Hbond substituents is 1. The van der Waals surface area contributed by atoms with Gasteiger partial charge in [-0.1, -0.05) is 28.9 Å². The number of nitrogens with zero attached hydrogens (tertiary/aromatic N) is 1. The Labute approximate surface area is 170 Å². The quantitative estimate of drug-likeness (QED) is 0.560. The Morgan fingerprint density at radius 1 is 1.25 bits per heavy atom. The molecule has 3 N–H and O–H groups in total. The highest BCUT2D eigenvalue weighted by Crippen LogP contribution is 2.35. The number of carbonyl (C=O) groups excluding carboxylic acids is 1. The fourth-order valence-corrected chi connectivity index (χ4v) is 2.81. The third-order valence-corrected chi connectivity index (χ3v) is 4.30. The largest absolute Gasteiger partial charge is 0.508 e. The fraction of sp³-hybridized carbons (Fsp3) is 0.150. The van der Waals surface area contributed by atoms with E-state index in [9.17, 15) is 14.7 Å². The number of carbonyl (C=O) groups is 2. The van der Waals surface area contributed by atoms with E-state index in [4.69, 9.17) is 15.1 Å². The van der Waals surface area contributed by atoms with Gasteiger partial charge in [-0.25, -0.2) is 9.59 Å². The van der Waals surface area contributed by atoms with Crippen molar-refractivity contribution in [2.75, 3.05) is 5.32 Å². The second-order valence-electron chi connectivity index (χ2n) is 5.90. The van der Waals surface area contributed by atoms with Crippen molar-refractivity contribution >= 4 is 33.7 Å². The van der Waals surface area contributed by atoms with Gasteiger partial charge >= 0.3 is 12.1 Å². The summed E-state index contributed by atoms with van der Waals surface area (Å²) in [6, 6.07) is 12.9. The lowest BCUT2D eigenvalue weighted by molar-refractivity contribution is -0.131. The minimum atomic E-state index is -1.13. The van der Waals surface area contributed by atoms with Gasteiger partial charge in [-0.2, -0.15) is 5.26 Å². The topological polar surface area (TPSA) is 120 Å². The number of amides is 1. The minimum absolute atomic E-state index is 0.0880. The molecule has 1 amide bonds. The first-order valence-electron chi connectivity index (χ1n) is 8.17. The van der Waals surface area contributed by atoms with Crippen molar-refractivity contribution in [3.8, 4) is 11.8 Å². The molecule has 0 fully saturated rings. The van der Waals surface area contributed by atoms with E-state index in [0.717, 1.165) is 6.08 Å². The number of anilines is 1. The third-order valence-electron chi connectivity index (χ3n) is 3.81. The van der Waals surface area contributed by atoms with Gasteiger partial charge in [-0.15, -0.1) is 0 Å². The SMILES string of the molecule is C[C@@H](/C=C/C(=O)O)[C@@H](OC(=O)Nc1ccc(C#N)cc1)c1cc(Br)ccc1O. The third kappa shape index (κ3) is 5.86. The lowest BCUT2D eigenvalue weighted by Crippen LogP contribution is -2.21. The standard InChI is InChI=1S/C20H17BrN2O5/c1-12(2-9-18(25)26)19(16-10-14(21)5-8-17(16)24)28-20(27)23-15-6-3-13(11-22)4-7-15/h2-10,12,19,24H,1H3,(H,23,27)(H,25,26)/b9-2+/t12-,19+/m0/s1. The Morgan fingerprint density at radius 3 is 2.54 bits per heavy atom. The summed E-state index contributed by atoms with van der Waals surface area (Å²) >= 11 is 3.30. The van der Waals surface area contributed by atoms with Gasteiger partial charge in [-0.05, 0) is 42.5 Å². The second kappa shape index (κ2) is 9.58. The highest BCUT2D eigenvalue weighted by Gasteiger charge is 2.25. The average molecular weight is 445 g/mol. The molecule has 0 aliphatic carbocycles. The number of aromatic hydroxyl groups is 1. The van der Waals surface area contributed by atoms with Crippen LogP contribution in [-0.4, -0.2) is 22.3 Å². The summed E-state index contributed by atoms with van der Waals surface area (Å²) in [6.07, 6.45) is 0.604. The van der Waals surface area contributed by atoms with Crippen LogP contribution in [0.4, 0.5) is 10.5 Å². The van der Waals surface area contributed by atoms with E-state index in [-0.39, 0.29) is 5.75 Å².